The molecule has 0 atom stereocenters. The van der Waals surface area contributed by atoms with Crippen molar-refractivity contribution >= 4 is 5.91 Å². The van der Waals surface area contributed by atoms with Gasteiger partial charge in [0.15, 0.2) is 5.82 Å². The van der Waals surface area contributed by atoms with Crippen LogP contribution >= 0.6 is 0 Å². The Labute approximate surface area is 154 Å². The maximum absolute atomic E-state index is 12.7. The Kier molecular flexibility index (Phi) is 4.44. The van der Waals surface area contributed by atoms with Crippen molar-refractivity contribution in [3.63, 3.8) is 0 Å². The molecule has 0 unspecified atom stereocenters. The van der Waals surface area contributed by atoms with E-state index in [4.69, 9.17) is 9.05 Å². The van der Waals surface area contributed by atoms with Crippen molar-refractivity contribution in [2.75, 3.05) is 0 Å². The topological polar surface area (TPSA) is 107 Å². The maximum Gasteiger partial charge on any atom is 0.257 e. The third-order valence-corrected chi connectivity index (χ3v) is 3.94. The number of nitrogens with one attached hydrogen (secondary N) is 1. The molecule has 4 rings (SSSR count). The molecule has 0 aliphatic rings. The largest absolute Gasteiger partial charge is 0.360 e. The highest BCUT2D eigenvalue weighted by Crippen LogP contribution is 2.24. The molecule has 0 fully saturated rings. The molecule has 0 spiro atoms. The number of aromatic nitrogens is 4. The summed E-state index contributed by atoms with van der Waals surface area (Å²) >= 11 is 0. The van der Waals surface area contributed by atoms with Crippen molar-refractivity contribution in [1.29, 1.82) is 0 Å². The number of carbonyl (C=O) groups excluding carboxylic acids is 1. The molecule has 1 amide bonds. The van der Waals surface area contributed by atoms with E-state index < -0.39 is 0 Å². The molecule has 134 valence electrons. The van der Waals surface area contributed by atoms with Crippen molar-refractivity contribution in [2.45, 2.75) is 13.5 Å². The predicted molar refractivity (Wildman–Crippen MR) is 95.4 cm³/mol. The summed E-state index contributed by atoms with van der Waals surface area (Å²) in [5, 5.41) is 10.7. The van der Waals surface area contributed by atoms with E-state index in [0.29, 0.717) is 28.7 Å². The van der Waals surface area contributed by atoms with Gasteiger partial charge in [0.1, 0.15) is 17.0 Å². The normalized spacial score (nSPS) is 10.7. The number of aryl methyl sites for hydroxylation is 1. The van der Waals surface area contributed by atoms with Gasteiger partial charge in [-0.2, -0.15) is 4.98 Å². The lowest BCUT2D eigenvalue weighted by atomic mass is 10.1. The van der Waals surface area contributed by atoms with Crippen LogP contribution in [0.2, 0.25) is 0 Å². The molecule has 0 aliphatic carbocycles. The first-order chi connectivity index (χ1) is 13.2. The second kappa shape index (κ2) is 7.20. The Morgan fingerprint density at radius 3 is 2.56 bits per heavy atom. The predicted octanol–water partition coefficient (Wildman–Crippen LogP) is 3.03. The molecule has 0 saturated heterocycles. The highest BCUT2D eigenvalue weighted by molar-refractivity contribution is 6.00. The number of hydrogen-bond donors (Lipinski definition) is 1. The van der Waals surface area contributed by atoms with Gasteiger partial charge >= 0.3 is 0 Å². The summed E-state index contributed by atoms with van der Waals surface area (Å²) in [5.74, 6) is 0.879. The van der Waals surface area contributed by atoms with Crippen LogP contribution in [0.3, 0.4) is 0 Å². The van der Waals surface area contributed by atoms with Gasteiger partial charge in [0.2, 0.25) is 0 Å². The van der Waals surface area contributed by atoms with Crippen LogP contribution in [0, 0.1) is 6.92 Å². The molecule has 8 heteroatoms. The highest BCUT2D eigenvalue weighted by atomic mass is 16.5. The smallest absolute Gasteiger partial charge is 0.257 e. The summed E-state index contributed by atoms with van der Waals surface area (Å²) in [6.45, 7) is 1.81. The van der Waals surface area contributed by atoms with Crippen LogP contribution in [0.25, 0.3) is 22.7 Å². The van der Waals surface area contributed by atoms with Gasteiger partial charge in [-0.25, -0.2) is 0 Å². The van der Waals surface area contributed by atoms with E-state index in [1.54, 1.807) is 31.5 Å². The minimum Gasteiger partial charge on any atom is -0.360 e. The van der Waals surface area contributed by atoms with Gasteiger partial charge in [0.25, 0.3) is 11.8 Å². The maximum atomic E-state index is 12.7. The first kappa shape index (κ1) is 16.6. The fraction of sp³-hybridized carbons (Fsp3) is 0.105. The van der Waals surface area contributed by atoms with Gasteiger partial charge in [0, 0.05) is 23.5 Å². The first-order valence-corrected chi connectivity index (χ1v) is 8.25. The molecule has 4 aromatic rings. The Morgan fingerprint density at radius 2 is 1.78 bits per heavy atom. The van der Waals surface area contributed by atoms with Crippen molar-refractivity contribution < 1.29 is 13.8 Å². The summed E-state index contributed by atoms with van der Waals surface area (Å²) in [6.07, 6.45) is 3.26. The molecular weight excluding hydrogens is 346 g/mol. The first-order valence-electron chi connectivity index (χ1n) is 8.25. The lowest BCUT2D eigenvalue weighted by molar-refractivity contribution is 0.0948. The fourth-order valence-corrected chi connectivity index (χ4v) is 2.62. The second-order valence-electron chi connectivity index (χ2n) is 5.76. The number of amides is 1. The fourth-order valence-electron chi connectivity index (χ4n) is 2.62. The van der Waals surface area contributed by atoms with Crippen molar-refractivity contribution in [2.24, 2.45) is 0 Å². The van der Waals surface area contributed by atoms with E-state index in [9.17, 15) is 4.79 Å². The SMILES string of the molecule is Cc1onc(-c2ccncc2)c1C(=O)NCc1noc(-c2ccccc2)n1. The molecule has 0 saturated carbocycles. The number of carbonyl (C=O) groups is 1. The summed E-state index contributed by atoms with van der Waals surface area (Å²) in [5.41, 5.74) is 2.40. The van der Waals surface area contributed by atoms with Gasteiger partial charge in [-0.15, -0.1) is 0 Å². The third-order valence-electron chi connectivity index (χ3n) is 3.94. The standard InChI is InChI=1S/C19H15N5O3/c1-12-16(17(24-26-12)13-7-9-20-10-8-13)18(25)21-11-15-22-19(27-23-15)14-5-3-2-4-6-14/h2-10H,11H2,1H3,(H,21,25). The number of benzene rings is 1. The molecule has 0 radical (unpaired) electrons. The van der Waals surface area contributed by atoms with Gasteiger partial charge in [-0.05, 0) is 31.2 Å². The van der Waals surface area contributed by atoms with Crippen LogP contribution in [0.1, 0.15) is 21.9 Å². The second-order valence-corrected chi connectivity index (χ2v) is 5.76. The summed E-state index contributed by atoms with van der Waals surface area (Å²) in [7, 11) is 0. The molecule has 27 heavy (non-hydrogen) atoms. The number of pyridine rings is 1. The summed E-state index contributed by atoms with van der Waals surface area (Å²) < 4.78 is 10.4. The molecule has 0 aliphatic heterocycles. The monoisotopic (exact) mass is 361 g/mol. The highest BCUT2D eigenvalue weighted by Gasteiger charge is 2.22. The van der Waals surface area contributed by atoms with Crippen LogP contribution in [-0.2, 0) is 6.54 Å². The molecule has 3 heterocycles. The Morgan fingerprint density at radius 1 is 1.00 bits per heavy atom. The van der Waals surface area contributed by atoms with E-state index in [1.807, 2.05) is 30.3 Å². The molecule has 8 nitrogen and oxygen atoms in total. The van der Waals surface area contributed by atoms with Crippen LogP contribution in [-0.4, -0.2) is 26.2 Å². The molecular formula is C19H15N5O3. The van der Waals surface area contributed by atoms with Crippen LogP contribution in [0.5, 0.6) is 0 Å². The average molecular weight is 361 g/mol. The van der Waals surface area contributed by atoms with Crippen molar-refractivity contribution in [3.8, 4) is 22.7 Å². The van der Waals surface area contributed by atoms with Crippen LogP contribution < -0.4 is 5.32 Å². The molecule has 1 N–H and O–H groups in total. The van der Waals surface area contributed by atoms with E-state index in [-0.39, 0.29) is 12.5 Å². The minimum absolute atomic E-state index is 0.121. The lowest BCUT2D eigenvalue weighted by Gasteiger charge is -2.03. The zero-order chi connectivity index (χ0) is 18.6. The molecule has 0 bridgehead atoms. The van der Waals surface area contributed by atoms with Crippen molar-refractivity contribution in [1.82, 2.24) is 25.6 Å². The lowest BCUT2D eigenvalue weighted by Crippen LogP contribution is -2.24. The number of hydrogen-bond acceptors (Lipinski definition) is 7. The molecule has 1 aromatic carbocycles. The average Bonchev–Trinajstić information content (AvgIpc) is 3.34. The minimum atomic E-state index is -0.327. The number of rotatable bonds is 5. The molecule has 3 aromatic heterocycles. The zero-order valence-electron chi connectivity index (χ0n) is 14.4. The van der Waals surface area contributed by atoms with Crippen molar-refractivity contribution in [3.05, 3.63) is 72.0 Å². The Hall–Kier alpha value is -3.81. The quantitative estimate of drug-likeness (QED) is 0.582. The summed E-state index contributed by atoms with van der Waals surface area (Å²) in [4.78, 5) is 20.9. The number of nitrogens with zero attached hydrogens (tertiary/aromatic N) is 4. The Bertz CT molecular complexity index is 1060. The van der Waals surface area contributed by atoms with Crippen LogP contribution in [0.15, 0.2) is 63.9 Å². The van der Waals surface area contributed by atoms with E-state index >= 15 is 0 Å². The summed E-state index contributed by atoms with van der Waals surface area (Å²) in [6, 6.07) is 12.9. The van der Waals surface area contributed by atoms with E-state index in [1.165, 1.54) is 0 Å². The van der Waals surface area contributed by atoms with Gasteiger partial charge in [0.05, 0.1) is 6.54 Å². The van der Waals surface area contributed by atoms with Gasteiger partial charge < -0.3 is 14.4 Å². The third kappa shape index (κ3) is 3.45. The Balaban J connectivity index is 1.50. The van der Waals surface area contributed by atoms with Crippen LogP contribution in [0.4, 0.5) is 0 Å². The van der Waals surface area contributed by atoms with E-state index in [0.717, 1.165) is 11.1 Å². The zero-order valence-corrected chi connectivity index (χ0v) is 14.4. The van der Waals surface area contributed by atoms with Gasteiger partial charge in [-0.3, -0.25) is 9.78 Å². The van der Waals surface area contributed by atoms with E-state index in [2.05, 4.69) is 25.6 Å². The van der Waals surface area contributed by atoms with Gasteiger partial charge in [-0.1, -0.05) is 28.5 Å².